The van der Waals surface area contributed by atoms with Gasteiger partial charge in [0.1, 0.15) is 17.8 Å². The zero-order chi connectivity index (χ0) is 17.4. The number of para-hydroxylation sites is 1. The Kier molecular flexibility index (Phi) is 3.81. The fourth-order valence-corrected chi connectivity index (χ4v) is 3.37. The van der Waals surface area contributed by atoms with E-state index in [-0.39, 0.29) is 31.2 Å². The van der Waals surface area contributed by atoms with Crippen molar-refractivity contribution in [1.29, 1.82) is 0 Å². The summed E-state index contributed by atoms with van der Waals surface area (Å²) in [5.74, 6) is -0.471. The Labute approximate surface area is 146 Å². The first kappa shape index (κ1) is 15.5. The highest BCUT2D eigenvalue weighted by molar-refractivity contribution is 7.14. The van der Waals surface area contributed by atoms with Crippen molar-refractivity contribution in [3.05, 3.63) is 35.7 Å². The van der Waals surface area contributed by atoms with Gasteiger partial charge in [-0.05, 0) is 12.1 Å². The lowest BCUT2D eigenvalue weighted by Gasteiger charge is -2.12. The second kappa shape index (κ2) is 6.14. The van der Waals surface area contributed by atoms with Crippen LogP contribution >= 0.6 is 11.3 Å². The standard InChI is InChI=1S/C17H13N3O4S/c21-14(8-20-15(22)5-6-16(20)23)19-17-18-11(9-25-17)13-7-10-3-1-2-4-12(10)24-13/h1-4,7,9H,5-6,8H2,(H,18,19,21). The molecule has 126 valence electrons. The molecule has 0 bridgehead atoms. The molecule has 0 unspecified atom stereocenters. The number of furan rings is 1. The van der Waals surface area contributed by atoms with E-state index in [0.717, 1.165) is 15.9 Å². The van der Waals surface area contributed by atoms with Gasteiger partial charge in [-0.1, -0.05) is 18.2 Å². The van der Waals surface area contributed by atoms with Crippen LogP contribution in [0.1, 0.15) is 12.8 Å². The number of nitrogens with zero attached hydrogens (tertiary/aromatic N) is 2. The van der Waals surface area contributed by atoms with Crippen LogP contribution in [0.5, 0.6) is 0 Å². The smallest absolute Gasteiger partial charge is 0.246 e. The number of anilines is 1. The maximum Gasteiger partial charge on any atom is 0.246 e. The predicted octanol–water partition coefficient (Wildman–Crippen LogP) is 2.64. The summed E-state index contributed by atoms with van der Waals surface area (Å²) in [6.07, 6.45) is 0.332. The van der Waals surface area contributed by atoms with E-state index in [0.29, 0.717) is 16.6 Å². The number of likely N-dealkylation sites (tertiary alicyclic amines) is 1. The topological polar surface area (TPSA) is 92.5 Å². The molecular weight excluding hydrogens is 342 g/mol. The number of carbonyl (C=O) groups excluding carboxylic acids is 3. The number of imide groups is 1. The molecule has 0 saturated carbocycles. The molecule has 1 aliphatic heterocycles. The lowest BCUT2D eigenvalue weighted by atomic mass is 10.2. The lowest BCUT2D eigenvalue weighted by Crippen LogP contribution is -2.36. The largest absolute Gasteiger partial charge is 0.454 e. The number of carbonyl (C=O) groups is 3. The summed E-state index contributed by atoms with van der Waals surface area (Å²) >= 11 is 1.25. The number of rotatable bonds is 4. The molecule has 1 N–H and O–H groups in total. The zero-order valence-electron chi connectivity index (χ0n) is 13.0. The van der Waals surface area contributed by atoms with Gasteiger partial charge < -0.3 is 9.73 Å². The molecule has 0 aliphatic carbocycles. The van der Waals surface area contributed by atoms with E-state index >= 15 is 0 Å². The number of fused-ring (bicyclic) bond motifs is 1. The van der Waals surface area contributed by atoms with Crippen molar-refractivity contribution in [3.8, 4) is 11.5 Å². The normalized spacial score (nSPS) is 14.5. The molecule has 1 fully saturated rings. The second-order valence-corrected chi connectivity index (χ2v) is 6.47. The average Bonchev–Trinajstić information content (AvgIpc) is 3.29. The van der Waals surface area contributed by atoms with Crippen LogP contribution in [0, 0.1) is 0 Å². The maximum atomic E-state index is 12.0. The van der Waals surface area contributed by atoms with Gasteiger partial charge in [0, 0.05) is 23.6 Å². The molecule has 3 heterocycles. The van der Waals surface area contributed by atoms with E-state index in [1.165, 1.54) is 11.3 Å². The molecule has 2 aromatic heterocycles. The quantitative estimate of drug-likeness (QED) is 0.726. The van der Waals surface area contributed by atoms with Gasteiger partial charge >= 0.3 is 0 Å². The number of hydrogen-bond donors (Lipinski definition) is 1. The average molecular weight is 355 g/mol. The van der Waals surface area contributed by atoms with Crippen molar-refractivity contribution in [2.45, 2.75) is 12.8 Å². The fraction of sp³-hybridized carbons (Fsp3) is 0.176. The number of hydrogen-bond acceptors (Lipinski definition) is 6. The molecular formula is C17H13N3O4S. The highest BCUT2D eigenvalue weighted by Crippen LogP contribution is 2.30. The Morgan fingerprint density at radius 2 is 2.00 bits per heavy atom. The molecule has 7 nitrogen and oxygen atoms in total. The molecule has 1 aromatic carbocycles. The molecule has 0 spiro atoms. The van der Waals surface area contributed by atoms with Crippen LogP contribution < -0.4 is 5.32 Å². The minimum absolute atomic E-state index is 0.166. The van der Waals surface area contributed by atoms with E-state index in [1.54, 1.807) is 5.38 Å². The predicted molar refractivity (Wildman–Crippen MR) is 91.9 cm³/mol. The molecule has 0 radical (unpaired) electrons. The zero-order valence-corrected chi connectivity index (χ0v) is 13.8. The van der Waals surface area contributed by atoms with Crippen molar-refractivity contribution in [2.75, 3.05) is 11.9 Å². The molecule has 3 amide bonds. The van der Waals surface area contributed by atoms with Crippen LogP contribution in [0.25, 0.3) is 22.4 Å². The van der Waals surface area contributed by atoms with E-state index < -0.39 is 5.91 Å². The Bertz CT molecular complexity index is 942. The molecule has 0 atom stereocenters. The van der Waals surface area contributed by atoms with E-state index in [4.69, 9.17) is 4.42 Å². The summed E-state index contributed by atoms with van der Waals surface area (Å²) < 4.78 is 5.74. The highest BCUT2D eigenvalue weighted by atomic mass is 32.1. The number of benzene rings is 1. The first-order chi connectivity index (χ1) is 12.1. The number of aromatic nitrogens is 1. The minimum Gasteiger partial charge on any atom is -0.454 e. The van der Waals surface area contributed by atoms with E-state index in [9.17, 15) is 14.4 Å². The van der Waals surface area contributed by atoms with E-state index in [1.807, 2.05) is 30.3 Å². The molecule has 1 aliphatic rings. The first-order valence-electron chi connectivity index (χ1n) is 7.68. The van der Waals surface area contributed by atoms with Gasteiger partial charge in [-0.15, -0.1) is 11.3 Å². The van der Waals surface area contributed by atoms with Gasteiger partial charge in [-0.2, -0.15) is 0 Å². The van der Waals surface area contributed by atoms with Gasteiger partial charge in [0.2, 0.25) is 17.7 Å². The van der Waals surface area contributed by atoms with Gasteiger partial charge in [-0.3, -0.25) is 19.3 Å². The first-order valence-corrected chi connectivity index (χ1v) is 8.55. The third-order valence-corrected chi connectivity index (χ3v) is 4.64. The van der Waals surface area contributed by atoms with Gasteiger partial charge in [0.25, 0.3) is 0 Å². The molecule has 4 rings (SSSR count). The minimum atomic E-state index is -0.450. The van der Waals surface area contributed by atoms with Crippen LogP contribution in [-0.4, -0.2) is 34.2 Å². The molecule has 3 aromatic rings. The Morgan fingerprint density at radius 3 is 2.76 bits per heavy atom. The summed E-state index contributed by atoms with van der Waals surface area (Å²) in [6, 6.07) is 9.52. The van der Waals surface area contributed by atoms with Gasteiger partial charge in [0.05, 0.1) is 0 Å². The summed E-state index contributed by atoms with van der Waals surface area (Å²) in [4.78, 5) is 40.4. The van der Waals surface area contributed by atoms with Crippen molar-refractivity contribution in [2.24, 2.45) is 0 Å². The van der Waals surface area contributed by atoms with Crippen molar-refractivity contribution in [1.82, 2.24) is 9.88 Å². The van der Waals surface area contributed by atoms with Gasteiger partial charge in [0.15, 0.2) is 10.9 Å². The second-order valence-electron chi connectivity index (χ2n) is 5.61. The fourth-order valence-electron chi connectivity index (χ4n) is 2.65. The third kappa shape index (κ3) is 3.03. The number of thiazole rings is 1. The number of amides is 3. The van der Waals surface area contributed by atoms with Crippen LogP contribution in [0.3, 0.4) is 0 Å². The van der Waals surface area contributed by atoms with Crippen LogP contribution in [0.15, 0.2) is 40.1 Å². The molecule has 1 saturated heterocycles. The lowest BCUT2D eigenvalue weighted by molar-refractivity contribution is -0.141. The summed E-state index contributed by atoms with van der Waals surface area (Å²) in [5, 5.41) is 5.75. The van der Waals surface area contributed by atoms with Crippen LogP contribution in [-0.2, 0) is 14.4 Å². The van der Waals surface area contributed by atoms with Crippen LogP contribution in [0.2, 0.25) is 0 Å². The van der Waals surface area contributed by atoms with Crippen molar-refractivity contribution >= 4 is 45.2 Å². The molecule has 25 heavy (non-hydrogen) atoms. The highest BCUT2D eigenvalue weighted by Gasteiger charge is 2.30. The van der Waals surface area contributed by atoms with Crippen LogP contribution in [0.4, 0.5) is 5.13 Å². The SMILES string of the molecule is O=C(CN1C(=O)CCC1=O)Nc1nc(-c2cc3ccccc3o2)cs1. The Morgan fingerprint density at radius 1 is 1.24 bits per heavy atom. The number of nitrogens with one attached hydrogen (secondary N) is 1. The Balaban J connectivity index is 1.46. The van der Waals surface area contributed by atoms with Crippen molar-refractivity contribution in [3.63, 3.8) is 0 Å². The maximum absolute atomic E-state index is 12.0. The summed E-state index contributed by atoms with van der Waals surface area (Å²) in [6.45, 7) is -0.281. The monoisotopic (exact) mass is 355 g/mol. The van der Waals surface area contributed by atoms with Gasteiger partial charge in [-0.25, -0.2) is 4.98 Å². The van der Waals surface area contributed by atoms with E-state index in [2.05, 4.69) is 10.3 Å². The third-order valence-electron chi connectivity index (χ3n) is 3.89. The summed E-state index contributed by atoms with van der Waals surface area (Å²) in [5.41, 5.74) is 1.38. The summed E-state index contributed by atoms with van der Waals surface area (Å²) in [7, 11) is 0. The van der Waals surface area contributed by atoms with Crippen molar-refractivity contribution < 1.29 is 18.8 Å². The molecule has 8 heteroatoms. The Hall–Kier alpha value is -3.00.